The van der Waals surface area contributed by atoms with Crippen molar-refractivity contribution in [2.45, 2.75) is 64.8 Å². The lowest BCUT2D eigenvalue weighted by molar-refractivity contribution is -0.121. The van der Waals surface area contributed by atoms with Gasteiger partial charge < -0.3 is 10.6 Å². The Morgan fingerprint density at radius 1 is 1.07 bits per heavy atom. The van der Waals surface area contributed by atoms with E-state index in [-0.39, 0.29) is 17.4 Å². The van der Waals surface area contributed by atoms with Gasteiger partial charge in [-0.1, -0.05) is 0 Å². The van der Waals surface area contributed by atoms with Crippen molar-refractivity contribution >= 4 is 17.5 Å². The molecule has 0 aromatic carbocycles. The molecule has 4 fully saturated rings. The predicted octanol–water partition coefficient (Wildman–Crippen LogP) is 4.01. The van der Waals surface area contributed by atoms with Crippen molar-refractivity contribution in [2.75, 3.05) is 5.32 Å². The van der Waals surface area contributed by atoms with E-state index in [9.17, 15) is 9.59 Å². The van der Waals surface area contributed by atoms with Gasteiger partial charge in [0, 0.05) is 23.8 Å². The van der Waals surface area contributed by atoms with Crippen molar-refractivity contribution in [2.24, 2.45) is 29.6 Å². The van der Waals surface area contributed by atoms with Crippen molar-refractivity contribution in [3.63, 3.8) is 0 Å². The summed E-state index contributed by atoms with van der Waals surface area (Å²) < 4.78 is 0. The van der Waals surface area contributed by atoms with Crippen LogP contribution in [0.4, 0.5) is 5.69 Å². The van der Waals surface area contributed by atoms with Crippen LogP contribution in [0.1, 0.15) is 69.8 Å². The maximum Gasteiger partial charge on any atom is 0.270 e. The summed E-state index contributed by atoms with van der Waals surface area (Å²) in [6.07, 6.45) is 8.95. The summed E-state index contributed by atoms with van der Waals surface area (Å²) in [6, 6.07) is 3.42. The molecule has 1 aromatic heterocycles. The molecule has 0 radical (unpaired) electrons. The summed E-state index contributed by atoms with van der Waals surface area (Å²) in [5.41, 5.74) is 0.660. The molecule has 0 unspecified atom stereocenters. The zero-order chi connectivity index (χ0) is 19.2. The number of amides is 2. The van der Waals surface area contributed by atoms with E-state index >= 15 is 0 Å². The summed E-state index contributed by atoms with van der Waals surface area (Å²) in [4.78, 5) is 29.1. The van der Waals surface area contributed by atoms with Gasteiger partial charge >= 0.3 is 0 Å². The van der Waals surface area contributed by atoms with Crippen molar-refractivity contribution in [3.05, 3.63) is 24.0 Å². The lowest BCUT2D eigenvalue weighted by atomic mass is 9.51. The molecule has 2 N–H and O–H groups in total. The number of hydrogen-bond donors (Lipinski definition) is 2. The lowest BCUT2D eigenvalue weighted by Gasteiger charge is -2.54. The van der Waals surface area contributed by atoms with E-state index < -0.39 is 0 Å². The average Bonchev–Trinajstić information content (AvgIpc) is 2.56. The molecule has 4 aliphatic carbocycles. The Labute approximate surface area is 161 Å². The maximum absolute atomic E-state index is 12.7. The molecular weight excluding hydrogens is 338 g/mol. The number of pyridine rings is 1. The molecule has 1 aromatic rings. The van der Waals surface area contributed by atoms with Crippen molar-refractivity contribution < 1.29 is 9.59 Å². The SMILES string of the molecule is CC(C)(C)NC(=O)c1cc(NC(=O)CC2C3CC4CC(C3)CC2C4)ccn1. The predicted molar refractivity (Wildman–Crippen MR) is 105 cm³/mol. The third-order valence-corrected chi connectivity index (χ3v) is 6.61. The molecule has 5 heteroatoms. The maximum atomic E-state index is 12.7. The second-order valence-electron chi connectivity index (χ2n) is 9.98. The quantitative estimate of drug-likeness (QED) is 0.842. The highest BCUT2D eigenvalue weighted by atomic mass is 16.2. The molecule has 1 heterocycles. The number of aromatic nitrogens is 1. The van der Waals surface area contributed by atoms with Crippen LogP contribution in [0.25, 0.3) is 0 Å². The molecular formula is C22H31N3O2. The summed E-state index contributed by atoms with van der Waals surface area (Å²) in [5, 5.41) is 5.90. The standard InChI is InChI=1S/C22H31N3O2/c1-22(2,3)25-21(27)19-11-17(4-5-23-19)24-20(26)12-18-15-7-13-6-14(9-15)10-16(18)8-13/h4-5,11,13-16,18H,6-10,12H2,1-3H3,(H,25,27)(H,23,24,26). The third kappa shape index (κ3) is 4.17. The molecule has 0 spiro atoms. The van der Waals surface area contributed by atoms with Crippen molar-refractivity contribution in [1.29, 1.82) is 0 Å². The Bertz CT molecular complexity index is 709. The fourth-order valence-electron chi connectivity index (χ4n) is 5.83. The molecule has 27 heavy (non-hydrogen) atoms. The molecule has 0 atom stereocenters. The van der Waals surface area contributed by atoms with Gasteiger partial charge in [0.15, 0.2) is 0 Å². The van der Waals surface area contributed by atoms with E-state index in [0.29, 0.717) is 23.7 Å². The molecule has 0 aliphatic heterocycles. The largest absolute Gasteiger partial charge is 0.346 e. The summed E-state index contributed by atoms with van der Waals surface area (Å²) in [5.74, 6) is 3.74. The minimum Gasteiger partial charge on any atom is -0.346 e. The highest BCUT2D eigenvalue weighted by Gasteiger charge is 2.48. The van der Waals surface area contributed by atoms with Gasteiger partial charge in [-0.3, -0.25) is 14.6 Å². The van der Waals surface area contributed by atoms with E-state index in [0.717, 1.165) is 23.7 Å². The highest BCUT2D eigenvalue weighted by Crippen LogP contribution is 2.57. The number of carbonyl (C=O) groups excluding carboxylic acids is 2. The van der Waals surface area contributed by atoms with Gasteiger partial charge in [-0.2, -0.15) is 0 Å². The van der Waals surface area contributed by atoms with Gasteiger partial charge in [0.05, 0.1) is 0 Å². The zero-order valence-electron chi connectivity index (χ0n) is 16.6. The number of anilines is 1. The Kier molecular flexibility index (Phi) is 4.73. The second-order valence-corrected chi connectivity index (χ2v) is 9.98. The minimum absolute atomic E-state index is 0.0702. The van der Waals surface area contributed by atoms with Crippen LogP contribution in [0.5, 0.6) is 0 Å². The van der Waals surface area contributed by atoms with Crippen LogP contribution in [0.3, 0.4) is 0 Å². The molecule has 5 nitrogen and oxygen atoms in total. The van der Waals surface area contributed by atoms with Crippen molar-refractivity contribution in [3.8, 4) is 0 Å². The monoisotopic (exact) mass is 369 g/mol. The fourth-order valence-corrected chi connectivity index (χ4v) is 5.83. The van der Waals surface area contributed by atoms with Gasteiger partial charge in [0.1, 0.15) is 5.69 Å². The molecule has 4 saturated carbocycles. The van der Waals surface area contributed by atoms with Crippen molar-refractivity contribution in [1.82, 2.24) is 10.3 Å². The van der Waals surface area contributed by atoms with E-state index in [1.165, 1.54) is 32.1 Å². The Hall–Kier alpha value is -1.91. The second kappa shape index (κ2) is 6.92. The lowest BCUT2D eigenvalue weighted by Crippen LogP contribution is -2.46. The van der Waals surface area contributed by atoms with Crippen LogP contribution in [-0.4, -0.2) is 22.3 Å². The molecule has 4 aliphatic rings. The van der Waals surface area contributed by atoms with Gasteiger partial charge in [-0.05, 0) is 94.6 Å². The topological polar surface area (TPSA) is 71.1 Å². The van der Waals surface area contributed by atoms with Crippen LogP contribution in [0.15, 0.2) is 18.3 Å². The summed E-state index contributed by atoms with van der Waals surface area (Å²) in [7, 11) is 0. The first-order valence-electron chi connectivity index (χ1n) is 10.4. The van der Waals surface area contributed by atoms with Gasteiger partial charge in [0.2, 0.25) is 5.91 Å². The number of rotatable bonds is 4. The molecule has 5 rings (SSSR count). The Balaban J connectivity index is 1.37. The average molecular weight is 370 g/mol. The van der Waals surface area contributed by atoms with Crippen LogP contribution in [0.2, 0.25) is 0 Å². The fraction of sp³-hybridized carbons (Fsp3) is 0.682. The van der Waals surface area contributed by atoms with E-state index in [4.69, 9.17) is 0 Å². The van der Waals surface area contributed by atoms with E-state index in [1.807, 2.05) is 20.8 Å². The molecule has 0 saturated heterocycles. The van der Waals surface area contributed by atoms with Crippen LogP contribution in [-0.2, 0) is 4.79 Å². The van der Waals surface area contributed by atoms with Gasteiger partial charge in [0.25, 0.3) is 5.91 Å². The summed E-state index contributed by atoms with van der Waals surface area (Å²) >= 11 is 0. The molecule has 146 valence electrons. The highest BCUT2D eigenvalue weighted by molar-refractivity contribution is 5.96. The van der Waals surface area contributed by atoms with Gasteiger partial charge in [-0.15, -0.1) is 0 Å². The normalized spacial score (nSPS) is 31.6. The Morgan fingerprint density at radius 2 is 1.70 bits per heavy atom. The minimum atomic E-state index is -0.322. The number of nitrogens with one attached hydrogen (secondary N) is 2. The van der Waals surface area contributed by atoms with Crippen LogP contribution < -0.4 is 10.6 Å². The third-order valence-electron chi connectivity index (χ3n) is 6.61. The van der Waals surface area contributed by atoms with E-state index in [1.54, 1.807) is 18.3 Å². The van der Waals surface area contributed by atoms with Crippen LogP contribution in [0, 0.1) is 29.6 Å². The first-order valence-corrected chi connectivity index (χ1v) is 10.4. The molecule has 4 bridgehead atoms. The van der Waals surface area contributed by atoms with Crippen LogP contribution >= 0.6 is 0 Å². The van der Waals surface area contributed by atoms with E-state index in [2.05, 4.69) is 15.6 Å². The smallest absolute Gasteiger partial charge is 0.270 e. The number of carbonyl (C=O) groups is 2. The number of hydrogen-bond acceptors (Lipinski definition) is 3. The molecule has 2 amide bonds. The van der Waals surface area contributed by atoms with Gasteiger partial charge in [-0.25, -0.2) is 0 Å². The summed E-state index contributed by atoms with van der Waals surface area (Å²) in [6.45, 7) is 5.80. The Morgan fingerprint density at radius 3 is 2.30 bits per heavy atom. The first-order chi connectivity index (χ1) is 12.8. The number of nitrogens with zero attached hydrogens (tertiary/aromatic N) is 1. The first kappa shape index (κ1) is 18.5. The zero-order valence-corrected chi connectivity index (χ0v) is 16.6.